The summed E-state index contributed by atoms with van der Waals surface area (Å²) in [5.74, 6) is 0.170. The predicted octanol–water partition coefficient (Wildman–Crippen LogP) is 2.49. The van der Waals surface area contributed by atoms with Gasteiger partial charge in [0.2, 0.25) is 0 Å². The number of carbonyl (C=O) groups is 1. The van der Waals surface area contributed by atoms with E-state index in [9.17, 15) is 4.79 Å². The van der Waals surface area contributed by atoms with Crippen LogP contribution >= 0.6 is 0 Å². The number of rotatable bonds is 3. The van der Waals surface area contributed by atoms with Gasteiger partial charge in [-0.05, 0) is 19.3 Å². The van der Waals surface area contributed by atoms with E-state index in [0.717, 1.165) is 25.5 Å². The van der Waals surface area contributed by atoms with Crippen molar-refractivity contribution in [3.63, 3.8) is 0 Å². The molecule has 11 heavy (non-hydrogen) atoms. The first-order valence-corrected chi connectivity index (χ1v) is 4.14. The Kier molecular flexibility index (Phi) is 3.09. The Morgan fingerprint density at radius 1 is 1.64 bits per heavy atom. The summed E-state index contributed by atoms with van der Waals surface area (Å²) in [5.41, 5.74) is 1.32. The first-order valence-electron chi connectivity index (χ1n) is 4.14. The topological polar surface area (TPSA) is 17.1 Å². The lowest BCUT2D eigenvalue weighted by Gasteiger charge is -2.07. The van der Waals surface area contributed by atoms with Crippen LogP contribution < -0.4 is 0 Å². The Balaban J connectivity index is 2.42. The molecular formula is C10H14O. The quantitative estimate of drug-likeness (QED) is 0.565. The Morgan fingerprint density at radius 2 is 2.45 bits per heavy atom. The highest BCUT2D eigenvalue weighted by atomic mass is 16.1. The van der Waals surface area contributed by atoms with Gasteiger partial charge in [-0.1, -0.05) is 30.7 Å². The zero-order chi connectivity index (χ0) is 8.10. The lowest BCUT2D eigenvalue weighted by Crippen LogP contribution is -1.97. The van der Waals surface area contributed by atoms with E-state index in [4.69, 9.17) is 0 Å². The molecule has 1 aliphatic carbocycles. The smallest absolute Gasteiger partial charge is 0.123 e. The summed E-state index contributed by atoms with van der Waals surface area (Å²) >= 11 is 0. The fourth-order valence-corrected chi connectivity index (χ4v) is 1.24. The molecule has 60 valence electrons. The van der Waals surface area contributed by atoms with E-state index in [2.05, 4.69) is 18.2 Å². The summed E-state index contributed by atoms with van der Waals surface area (Å²) in [4.78, 5) is 10.3. The van der Waals surface area contributed by atoms with Gasteiger partial charge in [0, 0.05) is 5.92 Å². The van der Waals surface area contributed by atoms with Crippen LogP contribution in [0.2, 0.25) is 0 Å². The number of hydrogen-bond acceptors (Lipinski definition) is 1. The van der Waals surface area contributed by atoms with E-state index < -0.39 is 0 Å². The van der Waals surface area contributed by atoms with Gasteiger partial charge in [0.1, 0.15) is 6.29 Å². The molecule has 0 unspecified atom stereocenters. The third-order valence-electron chi connectivity index (χ3n) is 1.86. The minimum Gasteiger partial charge on any atom is -0.303 e. The molecule has 0 aliphatic heterocycles. The van der Waals surface area contributed by atoms with Crippen LogP contribution in [0, 0.1) is 5.92 Å². The van der Waals surface area contributed by atoms with E-state index in [1.165, 1.54) is 5.57 Å². The van der Waals surface area contributed by atoms with Crippen molar-refractivity contribution in [2.45, 2.75) is 26.2 Å². The molecule has 1 heteroatoms. The van der Waals surface area contributed by atoms with Gasteiger partial charge >= 0.3 is 0 Å². The van der Waals surface area contributed by atoms with Crippen molar-refractivity contribution in [3.05, 3.63) is 23.8 Å². The molecule has 1 nitrogen and oxygen atoms in total. The Bertz CT molecular complexity index is 189. The maximum Gasteiger partial charge on any atom is 0.123 e. The fourth-order valence-electron chi connectivity index (χ4n) is 1.24. The molecule has 0 fully saturated rings. The standard InChI is InChI=1S/C10H14O/c1-9(8-11)7-10-5-3-2-4-6-10/h3,5-6,8-9H,2,4,7H2,1H3/t9-/m0/s1. The van der Waals surface area contributed by atoms with Crippen LogP contribution in [0.4, 0.5) is 0 Å². The van der Waals surface area contributed by atoms with Crippen molar-refractivity contribution in [1.29, 1.82) is 0 Å². The van der Waals surface area contributed by atoms with E-state index >= 15 is 0 Å². The molecule has 0 radical (unpaired) electrons. The summed E-state index contributed by atoms with van der Waals surface area (Å²) in [7, 11) is 0. The molecule has 1 aliphatic rings. The predicted molar refractivity (Wildman–Crippen MR) is 46.3 cm³/mol. The molecule has 0 N–H and O–H groups in total. The molecular weight excluding hydrogens is 136 g/mol. The van der Waals surface area contributed by atoms with Crippen molar-refractivity contribution < 1.29 is 4.79 Å². The first kappa shape index (κ1) is 8.25. The summed E-state index contributed by atoms with van der Waals surface area (Å²) in [6.07, 6.45) is 10.7. The Morgan fingerprint density at radius 3 is 3.00 bits per heavy atom. The largest absolute Gasteiger partial charge is 0.303 e. The molecule has 1 rings (SSSR count). The van der Waals surface area contributed by atoms with Crippen LogP contribution in [-0.4, -0.2) is 6.29 Å². The third-order valence-corrected chi connectivity index (χ3v) is 1.86. The van der Waals surface area contributed by atoms with Crippen LogP contribution in [0.15, 0.2) is 23.8 Å². The highest BCUT2D eigenvalue weighted by Crippen LogP contribution is 2.16. The molecule has 0 saturated carbocycles. The lowest BCUT2D eigenvalue weighted by molar-refractivity contribution is -0.110. The van der Waals surface area contributed by atoms with Gasteiger partial charge in [0.05, 0.1) is 0 Å². The Labute approximate surface area is 67.8 Å². The fraction of sp³-hybridized carbons (Fsp3) is 0.500. The third kappa shape index (κ3) is 2.71. The van der Waals surface area contributed by atoms with Crippen molar-refractivity contribution in [3.8, 4) is 0 Å². The zero-order valence-corrected chi connectivity index (χ0v) is 6.92. The minimum atomic E-state index is 0.170. The number of aldehydes is 1. The van der Waals surface area contributed by atoms with Crippen LogP contribution in [-0.2, 0) is 4.79 Å². The lowest BCUT2D eigenvalue weighted by atomic mass is 9.98. The first-order chi connectivity index (χ1) is 5.33. The van der Waals surface area contributed by atoms with Gasteiger partial charge in [0.25, 0.3) is 0 Å². The summed E-state index contributed by atoms with van der Waals surface area (Å²) < 4.78 is 0. The number of hydrogen-bond donors (Lipinski definition) is 0. The molecule has 0 bridgehead atoms. The van der Waals surface area contributed by atoms with Crippen molar-refractivity contribution >= 4 is 6.29 Å². The molecule has 0 amide bonds. The van der Waals surface area contributed by atoms with Crippen LogP contribution in [0.5, 0.6) is 0 Å². The average molecular weight is 150 g/mol. The van der Waals surface area contributed by atoms with Crippen LogP contribution in [0.25, 0.3) is 0 Å². The van der Waals surface area contributed by atoms with Gasteiger partial charge in [0.15, 0.2) is 0 Å². The second-order valence-corrected chi connectivity index (χ2v) is 3.08. The molecule has 0 spiro atoms. The van der Waals surface area contributed by atoms with Crippen molar-refractivity contribution in [1.82, 2.24) is 0 Å². The SMILES string of the molecule is C[C@H](C=O)CC1=CCCC=C1. The molecule has 0 aromatic carbocycles. The Hall–Kier alpha value is -0.850. The normalized spacial score (nSPS) is 19.2. The van der Waals surface area contributed by atoms with Gasteiger partial charge < -0.3 is 4.79 Å². The molecule has 1 atom stereocenters. The summed E-state index contributed by atoms with van der Waals surface area (Å²) in [5, 5.41) is 0. The van der Waals surface area contributed by atoms with E-state index in [1.807, 2.05) is 6.92 Å². The van der Waals surface area contributed by atoms with Crippen molar-refractivity contribution in [2.75, 3.05) is 0 Å². The van der Waals surface area contributed by atoms with E-state index in [1.54, 1.807) is 0 Å². The monoisotopic (exact) mass is 150 g/mol. The van der Waals surface area contributed by atoms with E-state index in [-0.39, 0.29) is 5.92 Å². The average Bonchev–Trinajstić information content (AvgIpc) is 2.06. The van der Waals surface area contributed by atoms with Gasteiger partial charge in [-0.15, -0.1) is 0 Å². The van der Waals surface area contributed by atoms with Gasteiger partial charge in [-0.25, -0.2) is 0 Å². The number of allylic oxidation sites excluding steroid dienone is 4. The summed E-state index contributed by atoms with van der Waals surface area (Å²) in [6, 6.07) is 0. The van der Waals surface area contributed by atoms with E-state index in [0.29, 0.717) is 0 Å². The van der Waals surface area contributed by atoms with Crippen LogP contribution in [0.1, 0.15) is 26.2 Å². The molecule has 0 heterocycles. The highest BCUT2D eigenvalue weighted by molar-refractivity contribution is 5.53. The highest BCUT2D eigenvalue weighted by Gasteiger charge is 2.03. The zero-order valence-electron chi connectivity index (χ0n) is 6.92. The maximum absolute atomic E-state index is 10.3. The molecule has 0 saturated heterocycles. The second-order valence-electron chi connectivity index (χ2n) is 3.08. The van der Waals surface area contributed by atoms with Crippen LogP contribution in [0.3, 0.4) is 0 Å². The molecule has 0 aromatic rings. The summed E-state index contributed by atoms with van der Waals surface area (Å²) in [6.45, 7) is 1.95. The van der Waals surface area contributed by atoms with Gasteiger partial charge in [-0.3, -0.25) is 0 Å². The van der Waals surface area contributed by atoms with Gasteiger partial charge in [-0.2, -0.15) is 0 Å². The van der Waals surface area contributed by atoms with Crippen molar-refractivity contribution in [2.24, 2.45) is 5.92 Å². The number of carbonyl (C=O) groups excluding carboxylic acids is 1. The molecule has 0 aromatic heterocycles. The second kappa shape index (κ2) is 4.12. The maximum atomic E-state index is 10.3. The minimum absolute atomic E-state index is 0.170.